The highest BCUT2D eigenvalue weighted by Crippen LogP contribution is 2.37. The first kappa shape index (κ1) is 11.4. The molecule has 0 spiro atoms. The van der Waals surface area contributed by atoms with Crippen LogP contribution in [0.15, 0.2) is 60.7 Å². The van der Waals surface area contributed by atoms with Crippen LogP contribution < -0.4 is 0 Å². The monoisotopic (exact) mass is 228 g/mol. The SMILES string of the molecule is C[C@@H](c1ccccc1)[C@@H](P)c1ccccc1. The van der Waals surface area contributed by atoms with Crippen molar-refractivity contribution in [2.75, 3.05) is 0 Å². The summed E-state index contributed by atoms with van der Waals surface area (Å²) >= 11 is 0. The summed E-state index contributed by atoms with van der Waals surface area (Å²) in [7, 11) is 2.96. The second-order valence-electron chi connectivity index (χ2n) is 4.14. The van der Waals surface area contributed by atoms with E-state index in [2.05, 4.69) is 76.8 Å². The summed E-state index contributed by atoms with van der Waals surface area (Å²) in [5.74, 6) is 0.522. The maximum Gasteiger partial charge on any atom is 0.00512 e. The topological polar surface area (TPSA) is 0 Å². The second-order valence-corrected chi connectivity index (χ2v) is 4.85. The molecule has 0 saturated heterocycles. The average molecular weight is 228 g/mol. The van der Waals surface area contributed by atoms with Crippen molar-refractivity contribution in [3.8, 4) is 0 Å². The zero-order valence-electron chi connectivity index (χ0n) is 9.51. The van der Waals surface area contributed by atoms with E-state index in [0.717, 1.165) is 0 Å². The molecular formula is C15H17P. The molecule has 2 aromatic carbocycles. The van der Waals surface area contributed by atoms with Crippen LogP contribution in [0.25, 0.3) is 0 Å². The molecule has 0 aromatic heterocycles. The molecule has 0 radical (unpaired) electrons. The van der Waals surface area contributed by atoms with Gasteiger partial charge in [-0.25, -0.2) is 0 Å². The molecule has 0 fully saturated rings. The maximum absolute atomic E-state index is 2.96. The van der Waals surface area contributed by atoms with Crippen molar-refractivity contribution in [1.82, 2.24) is 0 Å². The van der Waals surface area contributed by atoms with E-state index in [0.29, 0.717) is 11.6 Å². The molecule has 82 valence electrons. The summed E-state index contributed by atoms with van der Waals surface area (Å²) in [6.07, 6.45) is 0. The molecule has 0 aliphatic carbocycles. The summed E-state index contributed by atoms with van der Waals surface area (Å²) in [4.78, 5) is 0. The van der Waals surface area contributed by atoms with Crippen LogP contribution >= 0.6 is 9.24 Å². The molecule has 0 aliphatic rings. The van der Waals surface area contributed by atoms with Gasteiger partial charge < -0.3 is 0 Å². The third-order valence-corrected chi connectivity index (χ3v) is 4.01. The summed E-state index contributed by atoms with van der Waals surface area (Å²) in [6.45, 7) is 2.28. The summed E-state index contributed by atoms with van der Waals surface area (Å²) in [5.41, 5.74) is 3.25. The molecule has 2 aromatic rings. The predicted octanol–water partition coefficient (Wildman–Crippen LogP) is 4.41. The molecule has 0 heterocycles. The van der Waals surface area contributed by atoms with Gasteiger partial charge in [-0.1, -0.05) is 67.6 Å². The van der Waals surface area contributed by atoms with E-state index in [-0.39, 0.29) is 0 Å². The van der Waals surface area contributed by atoms with Crippen molar-refractivity contribution < 1.29 is 0 Å². The predicted molar refractivity (Wildman–Crippen MR) is 73.8 cm³/mol. The fourth-order valence-electron chi connectivity index (χ4n) is 1.93. The van der Waals surface area contributed by atoms with E-state index in [1.807, 2.05) is 0 Å². The molecule has 0 saturated carbocycles. The van der Waals surface area contributed by atoms with Crippen molar-refractivity contribution in [2.24, 2.45) is 0 Å². The van der Waals surface area contributed by atoms with Gasteiger partial charge in [-0.2, -0.15) is 0 Å². The molecule has 0 N–H and O–H groups in total. The van der Waals surface area contributed by atoms with Gasteiger partial charge >= 0.3 is 0 Å². The molecule has 2 rings (SSSR count). The Hall–Kier alpha value is -1.13. The van der Waals surface area contributed by atoms with Crippen LogP contribution in [0.2, 0.25) is 0 Å². The molecule has 1 heteroatoms. The van der Waals surface area contributed by atoms with E-state index in [1.54, 1.807) is 0 Å². The summed E-state index contributed by atoms with van der Waals surface area (Å²) < 4.78 is 0. The fourth-order valence-corrected chi connectivity index (χ4v) is 2.37. The van der Waals surface area contributed by atoms with Crippen molar-refractivity contribution in [1.29, 1.82) is 0 Å². The minimum atomic E-state index is 0.476. The Morgan fingerprint density at radius 1 is 0.750 bits per heavy atom. The van der Waals surface area contributed by atoms with Crippen LogP contribution in [0, 0.1) is 0 Å². The van der Waals surface area contributed by atoms with Crippen molar-refractivity contribution in [3.63, 3.8) is 0 Å². The minimum absolute atomic E-state index is 0.476. The van der Waals surface area contributed by atoms with Crippen molar-refractivity contribution in [2.45, 2.75) is 18.5 Å². The maximum atomic E-state index is 2.96. The number of hydrogen-bond donors (Lipinski definition) is 0. The normalized spacial score (nSPS) is 14.4. The number of benzene rings is 2. The molecule has 0 bridgehead atoms. The van der Waals surface area contributed by atoms with Crippen LogP contribution in [0.3, 0.4) is 0 Å². The Labute approximate surface area is 99.9 Å². The van der Waals surface area contributed by atoms with Gasteiger partial charge in [-0.05, 0) is 17.0 Å². The Kier molecular flexibility index (Phi) is 3.74. The molecular weight excluding hydrogens is 211 g/mol. The summed E-state index contributed by atoms with van der Waals surface area (Å²) in [6, 6.07) is 21.3. The molecule has 0 nitrogen and oxygen atoms in total. The second kappa shape index (κ2) is 5.27. The lowest BCUT2D eigenvalue weighted by atomic mass is 9.93. The number of rotatable bonds is 3. The lowest BCUT2D eigenvalue weighted by Gasteiger charge is -2.20. The standard InChI is InChI=1S/C15H17P/c1-12(13-8-4-2-5-9-13)15(16)14-10-6-3-7-11-14/h2-12,15H,16H2,1H3/t12-,15+/m0/s1. The first-order valence-electron chi connectivity index (χ1n) is 5.64. The average Bonchev–Trinajstić information content (AvgIpc) is 2.39. The van der Waals surface area contributed by atoms with Gasteiger partial charge in [-0.3, -0.25) is 0 Å². The van der Waals surface area contributed by atoms with Gasteiger partial charge in [0.05, 0.1) is 0 Å². The minimum Gasteiger partial charge on any atom is -0.129 e. The molecule has 3 atom stereocenters. The first-order valence-corrected chi connectivity index (χ1v) is 6.31. The Balaban J connectivity index is 2.20. The number of hydrogen-bond acceptors (Lipinski definition) is 0. The zero-order valence-corrected chi connectivity index (χ0v) is 10.7. The van der Waals surface area contributed by atoms with Crippen LogP contribution in [0.4, 0.5) is 0 Å². The first-order chi connectivity index (χ1) is 7.79. The lowest BCUT2D eigenvalue weighted by molar-refractivity contribution is 0.741. The largest absolute Gasteiger partial charge is 0.129 e. The van der Waals surface area contributed by atoms with Gasteiger partial charge in [0.1, 0.15) is 0 Å². The third kappa shape index (κ3) is 2.51. The third-order valence-electron chi connectivity index (χ3n) is 3.05. The smallest absolute Gasteiger partial charge is 0.00512 e. The van der Waals surface area contributed by atoms with Gasteiger partial charge in [-0.15, -0.1) is 9.24 Å². The van der Waals surface area contributed by atoms with Crippen molar-refractivity contribution >= 4 is 9.24 Å². The van der Waals surface area contributed by atoms with E-state index in [1.165, 1.54) is 11.1 Å². The highest BCUT2D eigenvalue weighted by Gasteiger charge is 2.15. The summed E-state index contributed by atoms with van der Waals surface area (Å²) in [5, 5.41) is 0. The molecule has 1 unspecified atom stereocenters. The van der Waals surface area contributed by atoms with Crippen molar-refractivity contribution in [3.05, 3.63) is 71.8 Å². The Bertz CT molecular complexity index is 378. The lowest BCUT2D eigenvalue weighted by Crippen LogP contribution is -2.01. The zero-order chi connectivity index (χ0) is 11.4. The van der Waals surface area contributed by atoms with E-state index >= 15 is 0 Å². The van der Waals surface area contributed by atoms with E-state index < -0.39 is 0 Å². The molecule has 0 aliphatic heterocycles. The van der Waals surface area contributed by atoms with Crippen LogP contribution in [0.5, 0.6) is 0 Å². The van der Waals surface area contributed by atoms with E-state index in [4.69, 9.17) is 0 Å². The highest BCUT2D eigenvalue weighted by atomic mass is 31.0. The van der Waals surface area contributed by atoms with Gasteiger partial charge in [0.2, 0.25) is 0 Å². The molecule has 0 amide bonds. The van der Waals surface area contributed by atoms with E-state index in [9.17, 15) is 0 Å². The van der Waals surface area contributed by atoms with Gasteiger partial charge in [0.15, 0.2) is 0 Å². The van der Waals surface area contributed by atoms with Gasteiger partial charge in [0, 0.05) is 5.66 Å². The quantitative estimate of drug-likeness (QED) is 0.683. The van der Waals surface area contributed by atoms with Gasteiger partial charge in [0.25, 0.3) is 0 Å². The van der Waals surface area contributed by atoms with Crippen LogP contribution in [-0.2, 0) is 0 Å². The van der Waals surface area contributed by atoms with Crippen LogP contribution in [-0.4, -0.2) is 0 Å². The Morgan fingerprint density at radius 3 is 1.69 bits per heavy atom. The highest BCUT2D eigenvalue weighted by molar-refractivity contribution is 7.17. The van der Waals surface area contributed by atoms with Crippen LogP contribution in [0.1, 0.15) is 29.6 Å². The fraction of sp³-hybridized carbons (Fsp3) is 0.200. The molecule has 16 heavy (non-hydrogen) atoms. The Morgan fingerprint density at radius 2 is 1.19 bits per heavy atom.